The summed E-state index contributed by atoms with van der Waals surface area (Å²) in [7, 11) is 0. The number of carbonyl (C=O) groups excluding carboxylic acids is 2. The molecule has 4 aromatic carbocycles. The van der Waals surface area contributed by atoms with Crippen LogP contribution in [0, 0.1) is 17.3 Å². The van der Waals surface area contributed by atoms with Crippen molar-refractivity contribution in [3.8, 4) is 33.8 Å². The first kappa shape index (κ1) is 43.5. The fourth-order valence-corrected chi connectivity index (χ4v) is 6.55. The van der Waals surface area contributed by atoms with Crippen molar-refractivity contribution in [2.24, 2.45) is 17.3 Å². The monoisotopic (exact) mass is 778 g/mol. The smallest absolute Gasteiger partial charge is 0.338 e. The number of rotatable bonds is 24. The van der Waals surface area contributed by atoms with Gasteiger partial charge in [0.15, 0.2) is 0 Å². The first-order chi connectivity index (χ1) is 27.6. The molecule has 0 spiro atoms. The van der Waals surface area contributed by atoms with Gasteiger partial charge in [-0.1, -0.05) is 76.2 Å². The lowest BCUT2D eigenvalue weighted by Crippen LogP contribution is -2.43. The summed E-state index contributed by atoms with van der Waals surface area (Å²) in [5.74, 6) is 1.95. The lowest BCUT2D eigenvalue weighted by molar-refractivity contribution is -0.138. The van der Waals surface area contributed by atoms with Gasteiger partial charge in [-0.25, -0.2) is 9.59 Å². The highest BCUT2D eigenvalue weighted by molar-refractivity contribution is 5.90. The molecular weight excluding hydrogens is 717 g/mol. The lowest BCUT2D eigenvalue weighted by Gasteiger charge is -2.37. The molecule has 0 bridgehead atoms. The minimum atomic E-state index is -0.328. The van der Waals surface area contributed by atoms with Crippen molar-refractivity contribution in [3.05, 3.63) is 108 Å². The SMILES string of the molecule is CC[C@H](C)Oc1ccc(-c2ccc(C(=O)OCC[C@H](C)CCCOC(=O)c3ccc(-c4ccc(OCCC(C)CCCOCC5(C)COC5)cc4)cc3)cc2)cc1. The van der Waals surface area contributed by atoms with Crippen molar-refractivity contribution in [2.75, 3.05) is 46.2 Å². The summed E-state index contributed by atoms with van der Waals surface area (Å²) in [5, 5.41) is 0. The van der Waals surface area contributed by atoms with E-state index in [-0.39, 0.29) is 23.5 Å². The Balaban J connectivity index is 0.914. The van der Waals surface area contributed by atoms with E-state index in [2.05, 4.69) is 34.6 Å². The van der Waals surface area contributed by atoms with Crippen LogP contribution >= 0.6 is 0 Å². The molecule has 0 saturated carbocycles. The minimum absolute atomic E-state index is 0.177. The molecule has 8 heteroatoms. The highest BCUT2D eigenvalue weighted by Gasteiger charge is 2.33. The van der Waals surface area contributed by atoms with E-state index < -0.39 is 0 Å². The number of esters is 2. The molecule has 1 saturated heterocycles. The first-order valence-electron chi connectivity index (χ1n) is 20.8. The zero-order valence-corrected chi connectivity index (χ0v) is 34.6. The van der Waals surface area contributed by atoms with Gasteiger partial charge in [-0.15, -0.1) is 0 Å². The molecule has 1 fully saturated rings. The maximum absolute atomic E-state index is 12.7. The summed E-state index contributed by atoms with van der Waals surface area (Å²) in [6, 6.07) is 31.1. The van der Waals surface area contributed by atoms with E-state index in [0.29, 0.717) is 42.8 Å². The number of carbonyl (C=O) groups is 2. The highest BCUT2D eigenvalue weighted by Crippen LogP contribution is 2.28. The molecule has 4 aromatic rings. The molecule has 0 aliphatic carbocycles. The molecular formula is C49H62O8. The Bertz CT molecular complexity index is 1780. The fraction of sp³-hybridized carbons (Fsp3) is 0.469. The maximum Gasteiger partial charge on any atom is 0.338 e. The van der Waals surface area contributed by atoms with Gasteiger partial charge in [0, 0.05) is 12.0 Å². The molecule has 0 N–H and O–H groups in total. The molecule has 1 unspecified atom stereocenters. The second-order valence-corrected chi connectivity index (χ2v) is 16.1. The topological polar surface area (TPSA) is 89.5 Å². The highest BCUT2D eigenvalue weighted by atomic mass is 16.5. The predicted octanol–water partition coefficient (Wildman–Crippen LogP) is 11.3. The summed E-state index contributed by atoms with van der Waals surface area (Å²) in [5.41, 5.74) is 5.43. The third-order valence-corrected chi connectivity index (χ3v) is 10.7. The first-order valence-corrected chi connectivity index (χ1v) is 20.8. The normalized spacial score (nSPS) is 14.8. The van der Waals surface area contributed by atoms with Crippen LogP contribution in [0.25, 0.3) is 22.3 Å². The van der Waals surface area contributed by atoms with Crippen molar-refractivity contribution < 1.29 is 38.0 Å². The molecule has 8 nitrogen and oxygen atoms in total. The van der Waals surface area contributed by atoms with Crippen molar-refractivity contribution in [3.63, 3.8) is 0 Å². The van der Waals surface area contributed by atoms with E-state index in [4.69, 9.17) is 28.4 Å². The van der Waals surface area contributed by atoms with Crippen LogP contribution in [0.15, 0.2) is 97.1 Å². The van der Waals surface area contributed by atoms with E-state index in [1.807, 2.05) is 84.9 Å². The van der Waals surface area contributed by atoms with Crippen molar-refractivity contribution in [2.45, 2.75) is 85.7 Å². The molecule has 0 amide bonds. The van der Waals surface area contributed by atoms with Crippen LogP contribution in [0.1, 0.15) is 100 Å². The summed E-state index contributed by atoms with van der Waals surface area (Å²) in [4.78, 5) is 25.3. The van der Waals surface area contributed by atoms with Gasteiger partial charge in [-0.3, -0.25) is 0 Å². The lowest BCUT2D eigenvalue weighted by atomic mass is 9.90. The molecule has 3 atom stereocenters. The van der Waals surface area contributed by atoms with E-state index in [1.54, 1.807) is 12.1 Å². The standard InChI is InChI=1S/C49H62O8/c1-6-38(4)57-46-25-21-42(22-26-46)40-13-17-44(18-14-40)48(51)56-32-28-37(3)10-8-30-55-47(50)43-15-11-39(12-16-43)41-19-23-45(24-20-41)54-31-27-36(2)9-7-29-52-33-49(5)34-53-35-49/h11-26,36-38H,6-10,27-35H2,1-5H3/t36?,37-,38+/m1/s1. The van der Waals surface area contributed by atoms with E-state index in [0.717, 1.165) is 105 Å². The molecule has 1 aliphatic heterocycles. The zero-order chi connectivity index (χ0) is 40.5. The van der Waals surface area contributed by atoms with E-state index >= 15 is 0 Å². The van der Waals surface area contributed by atoms with Gasteiger partial charge in [-0.2, -0.15) is 0 Å². The molecule has 57 heavy (non-hydrogen) atoms. The molecule has 306 valence electrons. The van der Waals surface area contributed by atoms with Gasteiger partial charge >= 0.3 is 11.9 Å². The number of hydrogen-bond acceptors (Lipinski definition) is 8. The van der Waals surface area contributed by atoms with E-state index in [1.165, 1.54) is 0 Å². The Morgan fingerprint density at radius 1 is 0.596 bits per heavy atom. The number of benzene rings is 4. The second-order valence-electron chi connectivity index (χ2n) is 16.1. The number of ether oxygens (including phenoxy) is 6. The second kappa shape index (κ2) is 22.3. The summed E-state index contributed by atoms with van der Waals surface area (Å²) >= 11 is 0. The van der Waals surface area contributed by atoms with Crippen LogP contribution in [-0.4, -0.2) is 64.3 Å². The van der Waals surface area contributed by atoms with Crippen LogP contribution in [0.2, 0.25) is 0 Å². The van der Waals surface area contributed by atoms with Crippen LogP contribution in [0.4, 0.5) is 0 Å². The Hall–Kier alpha value is -4.66. The summed E-state index contributed by atoms with van der Waals surface area (Å²) in [6.07, 6.45) is 6.67. The van der Waals surface area contributed by atoms with Crippen LogP contribution < -0.4 is 9.47 Å². The average Bonchev–Trinajstić information content (AvgIpc) is 3.22. The molecule has 1 heterocycles. The van der Waals surface area contributed by atoms with Gasteiger partial charge in [0.2, 0.25) is 0 Å². The number of hydrogen-bond donors (Lipinski definition) is 0. The largest absolute Gasteiger partial charge is 0.494 e. The molecule has 5 rings (SSSR count). The van der Waals surface area contributed by atoms with Gasteiger partial charge < -0.3 is 28.4 Å². The van der Waals surface area contributed by atoms with Gasteiger partial charge in [-0.05, 0) is 134 Å². The van der Waals surface area contributed by atoms with Gasteiger partial charge in [0.25, 0.3) is 0 Å². The van der Waals surface area contributed by atoms with Gasteiger partial charge in [0.1, 0.15) is 11.5 Å². The fourth-order valence-electron chi connectivity index (χ4n) is 6.55. The van der Waals surface area contributed by atoms with Crippen LogP contribution in [-0.2, 0) is 18.9 Å². The maximum atomic E-state index is 12.7. The molecule has 1 aliphatic rings. The van der Waals surface area contributed by atoms with Crippen LogP contribution in [0.3, 0.4) is 0 Å². The predicted molar refractivity (Wildman–Crippen MR) is 226 cm³/mol. The Morgan fingerprint density at radius 2 is 1.05 bits per heavy atom. The quantitative estimate of drug-likeness (QED) is 0.0513. The zero-order valence-electron chi connectivity index (χ0n) is 34.6. The van der Waals surface area contributed by atoms with Crippen molar-refractivity contribution in [1.29, 1.82) is 0 Å². The van der Waals surface area contributed by atoms with Gasteiger partial charge in [0.05, 0.1) is 56.9 Å². The average molecular weight is 779 g/mol. The Morgan fingerprint density at radius 3 is 1.54 bits per heavy atom. The third-order valence-electron chi connectivity index (χ3n) is 10.7. The van der Waals surface area contributed by atoms with Crippen LogP contribution in [0.5, 0.6) is 11.5 Å². The Kier molecular flexibility index (Phi) is 17.0. The third kappa shape index (κ3) is 14.3. The Labute approximate surface area is 340 Å². The van der Waals surface area contributed by atoms with Crippen molar-refractivity contribution >= 4 is 11.9 Å². The minimum Gasteiger partial charge on any atom is -0.494 e. The molecule has 0 radical (unpaired) electrons. The molecule has 0 aromatic heterocycles. The van der Waals surface area contributed by atoms with Crippen molar-refractivity contribution in [1.82, 2.24) is 0 Å². The summed E-state index contributed by atoms with van der Waals surface area (Å²) in [6.45, 7) is 15.3. The van der Waals surface area contributed by atoms with E-state index in [9.17, 15) is 9.59 Å². The summed E-state index contributed by atoms with van der Waals surface area (Å²) < 4.78 is 34.1.